The fraction of sp³-hybridized carbons (Fsp3) is 0. The highest BCUT2D eigenvalue weighted by atomic mass is 127. The van der Waals surface area contributed by atoms with Gasteiger partial charge in [-0.3, -0.25) is 4.79 Å². The Kier molecular flexibility index (Phi) is 4.69. The van der Waals surface area contributed by atoms with Crippen LogP contribution in [-0.4, -0.2) is 5.91 Å². The molecule has 1 N–H and O–H groups in total. The van der Waals surface area contributed by atoms with Crippen LogP contribution >= 0.6 is 38.5 Å². The molecule has 0 fully saturated rings. The fourth-order valence-electron chi connectivity index (χ4n) is 1.50. The van der Waals surface area contributed by atoms with Crippen molar-refractivity contribution in [3.05, 3.63) is 61.4 Å². The van der Waals surface area contributed by atoms with E-state index in [1.54, 1.807) is 18.2 Å². The smallest absolute Gasteiger partial charge is 0.256 e. The Morgan fingerprint density at radius 3 is 2.30 bits per heavy atom. The van der Waals surface area contributed by atoms with Crippen molar-refractivity contribution in [3.8, 4) is 0 Å². The van der Waals surface area contributed by atoms with Gasteiger partial charge in [0.25, 0.3) is 5.91 Å². The minimum absolute atomic E-state index is 0.151. The average molecular weight is 456 g/mol. The van der Waals surface area contributed by atoms with Crippen molar-refractivity contribution in [2.45, 2.75) is 0 Å². The lowest BCUT2D eigenvalue weighted by atomic mass is 10.2. The molecule has 0 saturated carbocycles. The maximum atomic E-state index is 13.1. The molecule has 0 aromatic heterocycles. The van der Waals surface area contributed by atoms with Crippen LogP contribution in [0, 0.1) is 21.0 Å². The van der Waals surface area contributed by atoms with Gasteiger partial charge in [0.05, 0.1) is 5.56 Å². The molecule has 1 amide bonds. The van der Waals surface area contributed by atoms with Gasteiger partial charge in [-0.2, -0.15) is 0 Å². The van der Waals surface area contributed by atoms with E-state index in [-0.39, 0.29) is 5.69 Å². The predicted octanol–water partition coefficient (Wildman–Crippen LogP) is 4.72. The van der Waals surface area contributed by atoms with Crippen LogP contribution in [-0.2, 0) is 0 Å². The first-order valence-corrected chi connectivity index (χ1v) is 7.16. The van der Waals surface area contributed by atoms with Gasteiger partial charge in [0, 0.05) is 25.9 Å². The lowest BCUT2D eigenvalue weighted by molar-refractivity contribution is 0.102. The van der Waals surface area contributed by atoms with Crippen LogP contribution in [0.4, 0.5) is 18.9 Å². The number of carbonyl (C=O) groups is 1. The molecule has 2 aromatic carbocycles. The summed E-state index contributed by atoms with van der Waals surface area (Å²) in [6.07, 6.45) is 0. The van der Waals surface area contributed by atoms with E-state index in [0.29, 0.717) is 13.6 Å². The number of halogens is 5. The molecule has 20 heavy (non-hydrogen) atoms. The molecule has 0 aliphatic carbocycles. The van der Waals surface area contributed by atoms with Gasteiger partial charge in [0.15, 0.2) is 17.5 Å². The highest BCUT2D eigenvalue weighted by Crippen LogP contribution is 2.21. The van der Waals surface area contributed by atoms with Gasteiger partial charge in [-0.25, -0.2) is 13.2 Å². The molecule has 2 nitrogen and oxygen atoms in total. The topological polar surface area (TPSA) is 29.1 Å². The molecule has 0 aliphatic heterocycles. The second-order valence-corrected chi connectivity index (χ2v) is 5.91. The predicted molar refractivity (Wildman–Crippen MR) is 81.1 cm³/mol. The van der Waals surface area contributed by atoms with Crippen LogP contribution < -0.4 is 5.32 Å². The molecule has 2 rings (SSSR count). The number of anilines is 1. The number of hydrogen-bond donors (Lipinski definition) is 1. The summed E-state index contributed by atoms with van der Waals surface area (Å²) in [5.74, 6) is -4.82. The van der Waals surface area contributed by atoms with Crippen molar-refractivity contribution in [2.75, 3.05) is 5.32 Å². The SMILES string of the molecule is O=C(Nc1cc(F)c(F)c(F)c1)c1cc(Br)ccc1I. The van der Waals surface area contributed by atoms with Gasteiger partial charge in [-0.15, -0.1) is 0 Å². The monoisotopic (exact) mass is 455 g/mol. The lowest BCUT2D eigenvalue weighted by Crippen LogP contribution is -2.14. The summed E-state index contributed by atoms with van der Waals surface area (Å²) in [5, 5.41) is 2.32. The molecule has 7 heteroatoms. The molecule has 0 heterocycles. The van der Waals surface area contributed by atoms with Crippen LogP contribution in [0.15, 0.2) is 34.8 Å². The highest BCUT2D eigenvalue weighted by molar-refractivity contribution is 14.1. The molecule has 0 spiro atoms. The molecular formula is C13H6BrF3INO. The molecule has 104 valence electrons. The summed E-state index contributed by atoms with van der Waals surface area (Å²) in [6.45, 7) is 0. The highest BCUT2D eigenvalue weighted by Gasteiger charge is 2.14. The Morgan fingerprint density at radius 1 is 1.10 bits per heavy atom. The maximum absolute atomic E-state index is 13.1. The standard InChI is InChI=1S/C13H6BrF3INO/c14-6-1-2-11(18)8(3-6)13(20)19-7-4-9(15)12(17)10(16)5-7/h1-5H,(H,19,20). The van der Waals surface area contributed by atoms with Gasteiger partial charge in [0.1, 0.15) is 0 Å². The minimum atomic E-state index is -1.57. The molecular weight excluding hydrogens is 450 g/mol. The zero-order valence-corrected chi connectivity index (χ0v) is 13.4. The van der Waals surface area contributed by atoms with E-state index < -0.39 is 23.4 Å². The first-order valence-electron chi connectivity index (χ1n) is 5.29. The molecule has 0 bridgehead atoms. The average Bonchev–Trinajstić information content (AvgIpc) is 2.38. The van der Waals surface area contributed by atoms with Crippen LogP contribution in [0.5, 0.6) is 0 Å². The molecule has 0 unspecified atom stereocenters. The quantitative estimate of drug-likeness (QED) is 0.515. The number of rotatable bonds is 2. The summed E-state index contributed by atoms with van der Waals surface area (Å²) < 4.78 is 40.3. The van der Waals surface area contributed by atoms with E-state index in [1.807, 2.05) is 22.6 Å². The second kappa shape index (κ2) is 6.13. The van der Waals surface area contributed by atoms with Crippen LogP contribution in [0.2, 0.25) is 0 Å². The first-order chi connectivity index (χ1) is 9.38. The third kappa shape index (κ3) is 3.32. The number of amides is 1. The van der Waals surface area contributed by atoms with Gasteiger partial charge in [0.2, 0.25) is 0 Å². The zero-order chi connectivity index (χ0) is 14.9. The molecule has 0 saturated heterocycles. The van der Waals surface area contributed by atoms with Gasteiger partial charge < -0.3 is 5.32 Å². The summed E-state index contributed by atoms with van der Waals surface area (Å²) in [6, 6.07) is 6.50. The maximum Gasteiger partial charge on any atom is 0.256 e. The third-order valence-corrected chi connectivity index (χ3v) is 3.85. The normalized spacial score (nSPS) is 10.4. The first kappa shape index (κ1) is 15.3. The zero-order valence-electron chi connectivity index (χ0n) is 9.68. The van der Waals surface area contributed by atoms with Gasteiger partial charge >= 0.3 is 0 Å². The van der Waals surface area contributed by atoms with Crippen molar-refractivity contribution in [1.29, 1.82) is 0 Å². The summed E-state index contributed by atoms with van der Waals surface area (Å²) in [5.41, 5.74) is 0.187. The third-order valence-electron chi connectivity index (χ3n) is 2.41. The molecule has 0 atom stereocenters. The molecule has 0 aliphatic rings. The number of benzene rings is 2. The van der Waals surface area contributed by atoms with Crippen molar-refractivity contribution in [2.24, 2.45) is 0 Å². The molecule has 0 radical (unpaired) electrons. The Labute approximate surface area is 134 Å². The second-order valence-electron chi connectivity index (χ2n) is 3.83. The largest absolute Gasteiger partial charge is 0.322 e. The Balaban J connectivity index is 2.30. The summed E-state index contributed by atoms with van der Waals surface area (Å²) in [4.78, 5) is 12.0. The fourth-order valence-corrected chi connectivity index (χ4v) is 2.44. The van der Waals surface area contributed by atoms with E-state index in [9.17, 15) is 18.0 Å². The Morgan fingerprint density at radius 2 is 1.70 bits per heavy atom. The van der Waals surface area contributed by atoms with Crippen molar-refractivity contribution < 1.29 is 18.0 Å². The molecule has 2 aromatic rings. The van der Waals surface area contributed by atoms with E-state index in [4.69, 9.17) is 0 Å². The van der Waals surface area contributed by atoms with E-state index in [0.717, 1.165) is 12.1 Å². The van der Waals surface area contributed by atoms with Crippen LogP contribution in [0.25, 0.3) is 0 Å². The van der Waals surface area contributed by atoms with Crippen molar-refractivity contribution >= 4 is 50.1 Å². The Hall–Kier alpha value is -1.09. The number of hydrogen-bond acceptors (Lipinski definition) is 1. The van der Waals surface area contributed by atoms with Gasteiger partial charge in [-0.1, -0.05) is 15.9 Å². The number of nitrogens with one attached hydrogen (secondary N) is 1. The van der Waals surface area contributed by atoms with E-state index >= 15 is 0 Å². The van der Waals surface area contributed by atoms with Crippen molar-refractivity contribution in [3.63, 3.8) is 0 Å². The minimum Gasteiger partial charge on any atom is -0.322 e. The summed E-state index contributed by atoms with van der Waals surface area (Å²) >= 11 is 5.19. The van der Waals surface area contributed by atoms with Gasteiger partial charge in [-0.05, 0) is 40.8 Å². The van der Waals surface area contributed by atoms with E-state index in [2.05, 4.69) is 21.2 Å². The van der Waals surface area contributed by atoms with Crippen LogP contribution in [0.3, 0.4) is 0 Å². The van der Waals surface area contributed by atoms with Crippen molar-refractivity contribution in [1.82, 2.24) is 0 Å². The number of carbonyl (C=O) groups excluding carboxylic acids is 1. The Bertz CT molecular complexity index is 670. The van der Waals surface area contributed by atoms with Crippen LogP contribution in [0.1, 0.15) is 10.4 Å². The summed E-state index contributed by atoms with van der Waals surface area (Å²) in [7, 11) is 0. The lowest BCUT2D eigenvalue weighted by Gasteiger charge is -2.08. The van der Waals surface area contributed by atoms with E-state index in [1.165, 1.54) is 0 Å².